The summed E-state index contributed by atoms with van der Waals surface area (Å²) >= 11 is 5.95. The van der Waals surface area contributed by atoms with E-state index in [0.29, 0.717) is 16.4 Å². The van der Waals surface area contributed by atoms with Crippen molar-refractivity contribution in [2.45, 2.75) is 6.92 Å². The second kappa shape index (κ2) is 7.85. The number of nitrogens with zero attached hydrogens (tertiary/aromatic N) is 1. The molecule has 0 fully saturated rings. The van der Waals surface area contributed by atoms with E-state index in [0.717, 1.165) is 22.4 Å². The maximum Gasteiger partial charge on any atom is 0.255 e. The van der Waals surface area contributed by atoms with Crippen LogP contribution in [0, 0.1) is 6.92 Å². The first-order valence-electron chi connectivity index (χ1n) is 8.08. The molecule has 3 rings (SSSR count). The molecule has 1 aromatic heterocycles. The number of benzene rings is 2. The molecule has 0 aliphatic heterocycles. The minimum atomic E-state index is -0.141. The summed E-state index contributed by atoms with van der Waals surface area (Å²) < 4.78 is 0. The van der Waals surface area contributed by atoms with Gasteiger partial charge in [0.2, 0.25) is 0 Å². The number of hydrogen-bond donors (Lipinski definition) is 2. The van der Waals surface area contributed by atoms with Gasteiger partial charge in [0, 0.05) is 23.0 Å². The van der Waals surface area contributed by atoms with E-state index in [1.165, 1.54) is 6.20 Å². The Labute approximate surface area is 157 Å². The van der Waals surface area contributed by atoms with Crippen LogP contribution in [-0.2, 0) is 0 Å². The summed E-state index contributed by atoms with van der Waals surface area (Å²) in [6.45, 7) is 1.96. The Hall–Kier alpha value is -3.11. The van der Waals surface area contributed by atoms with E-state index in [9.17, 15) is 4.79 Å². The Morgan fingerprint density at radius 1 is 1.12 bits per heavy atom. The van der Waals surface area contributed by atoms with Gasteiger partial charge in [0.15, 0.2) is 0 Å². The Morgan fingerprint density at radius 3 is 2.73 bits per heavy atom. The van der Waals surface area contributed by atoms with Crippen molar-refractivity contribution in [1.29, 1.82) is 0 Å². The van der Waals surface area contributed by atoms with E-state index in [1.807, 2.05) is 61.5 Å². The number of aryl methyl sites for hydroxylation is 1. The number of nitrogens with one attached hydrogen (secondary N) is 1. The fraction of sp³-hybridized carbons (Fsp3) is 0.0476. The topological polar surface area (TPSA) is 68.0 Å². The van der Waals surface area contributed by atoms with Gasteiger partial charge in [-0.15, -0.1) is 0 Å². The zero-order valence-electron chi connectivity index (χ0n) is 14.2. The van der Waals surface area contributed by atoms with Crippen molar-refractivity contribution < 1.29 is 4.79 Å². The van der Waals surface area contributed by atoms with E-state index in [-0.39, 0.29) is 5.91 Å². The third kappa shape index (κ3) is 4.49. The van der Waals surface area contributed by atoms with E-state index < -0.39 is 0 Å². The average molecular weight is 364 g/mol. The minimum absolute atomic E-state index is 0.141. The van der Waals surface area contributed by atoms with E-state index >= 15 is 0 Å². The van der Waals surface area contributed by atoms with Crippen LogP contribution in [-0.4, -0.2) is 10.9 Å². The fourth-order valence-corrected chi connectivity index (χ4v) is 2.66. The predicted octanol–water partition coefficient (Wildman–Crippen LogP) is 5.05. The summed E-state index contributed by atoms with van der Waals surface area (Å²) in [6, 6.07) is 16.8. The number of anilines is 2. The van der Waals surface area contributed by atoms with Crippen LogP contribution in [0.2, 0.25) is 5.02 Å². The van der Waals surface area contributed by atoms with Crippen molar-refractivity contribution in [3.05, 3.63) is 88.1 Å². The summed E-state index contributed by atoms with van der Waals surface area (Å²) in [6.07, 6.45) is 5.25. The number of pyridine rings is 1. The van der Waals surface area contributed by atoms with Crippen LogP contribution in [0.4, 0.5) is 11.5 Å². The molecule has 0 bridgehead atoms. The van der Waals surface area contributed by atoms with Gasteiger partial charge in [0.05, 0.1) is 5.02 Å². The standard InChI is InChI=1S/C21H18ClN3O/c1-14-4-2-6-17(10-14)21(26)25-19-7-3-5-15(11-19)8-9-16-12-18(22)13-24-20(16)23/h2-13H,1H3,(H2,23,24)(H,25,26)/b9-8+. The largest absolute Gasteiger partial charge is 0.383 e. The quantitative estimate of drug-likeness (QED) is 0.681. The van der Waals surface area contributed by atoms with Crippen LogP contribution in [0.25, 0.3) is 12.2 Å². The number of nitrogen functional groups attached to an aromatic ring is 1. The van der Waals surface area contributed by atoms with E-state index in [1.54, 1.807) is 12.1 Å². The highest BCUT2D eigenvalue weighted by atomic mass is 35.5. The molecule has 0 aliphatic rings. The summed E-state index contributed by atoms with van der Waals surface area (Å²) in [4.78, 5) is 16.4. The summed E-state index contributed by atoms with van der Waals surface area (Å²) in [5.41, 5.74) is 9.90. The van der Waals surface area contributed by atoms with Gasteiger partial charge in [-0.3, -0.25) is 4.79 Å². The molecule has 1 amide bonds. The van der Waals surface area contributed by atoms with Gasteiger partial charge in [-0.2, -0.15) is 0 Å². The first-order chi connectivity index (χ1) is 12.5. The maximum atomic E-state index is 12.4. The molecule has 1 heterocycles. The highest BCUT2D eigenvalue weighted by Crippen LogP contribution is 2.19. The van der Waals surface area contributed by atoms with Gasteiger partial charge < -0.3 is 11.1 Å². The number of carbonyl (C=O) groups excluding carboxylic acids is 1. The lowest BCUT2D eigenvalue weighted by Crippen LogP contribution is -2.11. The van der Waals surface area contributed by atoms with Gasteiger partial charge in [-0.1, -0.05) is 53.6 Å². The second-order valence-electron chi connectivity index (χ2n) is 5.91. The molecular formula is C21H18ClN3O. The first kappa shape index (κ1) is 17.7. The maximum absolute atomic E-state index is 12.4. The molecule has 0 saturated carbocycles. The lowest BCUT2D eigenvalue weighted by atomic mass is 10.1. The third-order valence-electron chi connectivity index (χ3n) is 3.80. The van der Waals surface area contributed by atoms with Crippen LogP contribution in [0.3, 0.4) is 0 Å². The van der Waals surface area contributed by atoms with Crippen molar-refractivity contribution in [3.63, 3.8) is 0 Å². The molecule has 0 aliphatic carbocycles. The number of nitrogens with two attached hydrogens (primary N) is 1. The molecular weight excluding hydrogens is 346 g/mol. The first-order valence-corrected chi connectivity index (χ1v) is 8.46. The normalized spacial score (nSPS) is 10.8. The zero-order valence-corrected chi connectivity index (χ0v) is 15.0. The molecule has 4 nitrogen and oxygen atoms in total. The van der Waals surface area contributed by atoms with Crippen LogP contribution in [0.15, 0.2) is 60.8 Å². The van der Waals surface area contributed by atoms with Gasteiger partial charge in [0.1, 0.15) is 5.82 Å². The van der Waals surface area contributed by atoms with Crippen molar-refractivity contribution in [1.82, 2.24) is 4.98 Å². The summed E-state index contributed by atoms with van der Waals surface area (Å²) in [5.74, 6) is 0.271. The monoisotopic (exact) mass is 363 g/mol. The van der Waals surface area contributed by atoms with E-state index in [2.05, 4.69) is 10.3 Å². The Balaban J connectivity index is 1.77. The summed E-state index contributed by atoms with van der Waals surface area (Å²) in [7, 11) is 0. The number of halogens is 1. The van der Waals surface area contributed by atoms with Crippen molar-refractivity contribution in [3.8, 4) is 0 Å². The number of carbonyl (C=O) groups is 1. The van der Waals surface area contributed by atoms with Gasteiger partial charge >= 0.3 is 0 Å². The lowest BCUT2D eigenvalue weighted by Gasteiger charge is -2.07. The van der Waals surface area contributed by atoms with Crippen LogP contribution < -0.4 is 11.1 Å². The molecule has 5 heteroatoms. The molecule has 2 aromatic carbocycles. The minimum Gasteiger partial charge on any atom is -0.383 e. The Bertz CT molecular complexity index is 982. The van der Waals surface area contributed by atoms with Crippen molar-refractivity contribution in [2.24, 2.45) is 0 Å². The molecule has 3 N–H and O–H groups in total. The molecule has 0 unspecified atom stereocenters. The highest BCUT2D eigenvalue weighted by Gasteiger charge is 2.06. The van der Waals surface area contributed by atoms with Crippen molar-refractivity contribution in [2.75, 3.05) is 11.1 Å². The molecule has 0 atom stereocenters. The van der Waals surface area contributed by atoms with Gasteiger partial charge in [-0.25, -0.2) is 4.98 Å². The summed E-state index contributed by atoms with van der Waals surface area (Å²) in [5, 5.41) is 3.44. The predicted molar refractivity (Wildman–Crippen MR) is 108 cm³/mol. The average Bonchev–Trinajstić information content (AvgIpc) is 2.63. The molecule has 0 radical (unpaired) electrons. The third-order valence-corrected chi connectivity index (χ3v) is 4.00. The van der Waals surface area contributed by atoms with Crippen molar-refractivity contribution >= 4 is 41.2 Å². The fourth-order valence-electron chi connectivity index (χ4n) is 2.49. The SMILES string of the molecule is Cc1cccc(C(=O)Nc2cccc(/C=C/c3cc(Cl)cnc3N)c2)c1. The molecule has 3 aromatic rings. The van der Waals surface area contributed by atoms with Crippen LogP contribution >= 0.6 is 11.6 Å². The lowest BCUT2D eigenvalue weighted by molar-refractivity contribution is 0.102. The smallest absolute Gasteiger partial charge is 0.255 e. The number of amides is 1. The molecule has 0 spiro atoms. The Kier molecular flexibility index (Phi) is 5.34. The highest BCUT2D eigenvalue weighted by molar-refractivity contribution is 6.30. The van der Waals surface area contributed by atoms with Crippen LogP contribution in [0.5, 0.6) is 0 Å². The number of hydrogen-bond acceptors (Lipinski definition) is 3. The van der Waals surface area contributed by atoms with Gasteiger partial charge in [-0.05, 0) is 42.8 Å². The van der Waals surface area contributed by atoms with Crippen LogP contribution in [0.1, 0.15) is 27.0 Å². The molecule has 130 valence electrons. The Morgan fingerprint density at radius 2 is 1.92 bits per heavy atom. The molecule has 26 heavy (non-hydrogen) atoms. The number of rotatable bonds is 4. The zero-order chi connectivity index (χ0) is 18.5. The molecule has 0 saturated heterocycles. The number of aromatic nitrogens is 1. The van der Waals surface area contributed by atoms with E-state index in [4.69, 9.17) is 17.3 Å². The second-order valence-corrected chi connectivity index (χ2v) is 6.35. The van der Waals surface area contributed by atoms with Gasteiger partial charge in [0.25, 0.3) is 5.91 Å².